The van der Waals surface area contributed by atoms with E-state index in [0.717, 1.165) is 36.2 Å². The first kappa shape index (κ1) is 19.2. The topological polar surface area (TPSA) is 89.8 Å². The van der Waals surface area contributed by atoms with Crippen LogP contribution in [0, 0.1) is 0 Å². The third kappa shape index (κ3) is 4.09. The van der Waals surface area contributed by atoms with Crippen LogP contribution in [0.25, 0.3) is 11.0 Å². The molecule has 1 aliphatic heterocycles. The molecule has 2 amide bonds. The Morgan fingerprint density at radius 1 is 1.19 bits per heavy atom. The van der Waals surface area contributed by atoms with Gasteiger partial charge in [-0.1, -0.05) is 0 Å². The zero-order chi connectivity index (χ0) is 19.4. The van der Waals surface area contributed by atoms with Crippen LogP contribution in [0.15, 0.2) is 16.9 Å². The number of rotatable bonds is 6. The fraction of sp³-hybridized carbons (Fsp3) is 0.556. The van der Waals surface area contributed by atoms with Gasteiger partial charge in [-0.15, -0.1) is 0 Å². The van der Waals surface area contributed by atoms with Crippen LogP contribution in [0.4, 0.5) is 16.2 Å². The monoisotopic (exact) mass is 377 g/mol. The van der Waals surface area contributed by atoms with Crippen molar-refractivity contribution in [2.24, 2.45) is 14.1 Å². The van der Waals surface area contributed by atoms with Gasteiger partial charge in [0, 0.05) is 47.4 Å². The van der Waals surface area contributed by atoms with Gasteiger partial charge in [0.15, 0.2) is 0 Å². The van der Waals surface area contributed by atoms with Crippen molar-refractivity contribution >= 4 is 28.4 Å². The van der Waals surface area contributed by atoms with Crippen molar-refractivity contribution < 1.29 is 14.3 Å². The van der Waals surface area contributed by atoms with E-state index in [4.69, 9.17) is 9.47 Å². The molecule has 1 aromatic heterocycles. The summed E-state index contributed by atoms with van der Waals surface area (Å²) in [5.41, 5.74) is 3.07. The van der Waals surface area contributed by atoms with Crippen LogP contribution in [0.2, 0.25) is 0 Å². The predicted octanol–water partition coefficient (Wildman–Crippen LogP) is 0.872. The molecule has 27 heavy (non-hydrogen) atoms. The average molecular weight is 377 g/mol. The van der Waals surface area contributed by atoms with E-state index in [2.05, 4.69) is 15.5 Å². The van der Waals surface area contributed by atoms with E-state index >= 15 is 0 Å². The normalized spacial score (nSPS) is 14.6. The van der Waals surface area contributed by atoms with Crippen molar-refractivity contribution in [1.82, 2.24) is 14.5 Å². The van der Waals surface area contributed by atoms with Crippen molar-refractivity contribution in [3.63, 3.8) is 0 Å². The number of hydrogen-bond donors (Lipinski definition) is 2. The first-order valence-corrected chi connectivity index (χ1v) is 9.09. The number of imidazole rings is 1. The van der Waals surface area contributed by atoms with E-state index < -0.39 is 0 Å². The largest absolute Gasteiger partial charge is 0.385 e. The van der Waals surface area contributed by atoms with Gasteiger partial charge in [0.2, 0.25) is 0 Å². The summed E-state index contributed by atoms with van der Waals surface area (Å²) in [7, 11) is 5.12. The Kier molecular flexibility index (Phi) is 6.02. The van der Waals surface area contributed by atoms with Crippen molar-refractivity contribution in [2.45, 2.75) is 6.42 Å². The highest BCUT2D eigenvalue weighted by molar-refractivity contribution is 5.98. The molecule has 0 aliphatic carbocycles. The molecular formula is C18H27N5O4. The van der Waals surface area contributed by atoms with E-state index in [9.17, 15) is 9.59 Å². The fourth-order valence-electron chi connectivity index (χ4n) is 3.29. The van der Waals surface area contributed by atoms with E-state index in [1.807, 2.05) is 12.1 Å². The molecule has 148 valence electrons. The summed E-state index contributed by atoms with van der Waals surface area (Å²) in [5.74, 6) is 0. The van der Waals surface area contributed by atoms with Gasteiger partial charge in [-0.2, -0.15) is 0 Å². The van der Waals surface area contributed by atoms with Gasteiger partial charge in [0.25, 0.3) is 0 Å². The molecule has 0 radical (unpaired) electrons. The van der Waals surface area contributed by atoms with Crippen LogP contribution < -0.4 is 21.2 Å². The maximum atomic E-state index is 12.3. The summed E-state index contributed by atoms with van der Waals surface area (Å²) >= 11 is 0. The van der Waals surface area contributed by atoms with E-state index in [0.29, 0.717) is 32.1 Å². The quantitative estimate of drug-likeness (QED) is 0.729. The third-order valence-corrected chi connectivity index (χ3v) is 4.80. The maximum absolute atomic E-state index is 12.3. The number of aromatic nitrogens is 2. The van der Waals surface area contributed by atoms with E-state index in [-0.39, 0.29) is 11.7 Å². The van der Waals surface area contributed by atoms with E-state index in [1.165, 1.54) is 0 Å². The Morgan fingerprint density at radius 2 is 1.85 bits per heavy atom. The number of fused-ring (bicyclic) bond motifs is 1. The molecular weight excluding hydrogens is 350 g/mol. The maximum Gasteiger partial charge on any atom is 0.328 e. The van der Waals surface area contributed by atoms with E-state index in [1.54, 1.807) is 30.3 Å². The Morgan fingerprint density at radius 3 is 2.52 bits per heavy atom. The van der Waals surface area contributed by atoms with Gasteiger partial charge in [0.05, 0.1) is 35.6 Å². The third-order valence-electron chi connectivity index (χ3n) is 4.80. The molecule has 0 unspecified atom stereocenters. The molecule has 2 aromatic rings. The number of morpholine rings is 1. The van der Waals surface area contributed by atoms with Gasteiger partial charge in [-0.3, -0.25) is 9.13 Å². The second-order valence-corrected chi connectivity index (χ2v) is 6.59. The molecule has 9 heteroatoms. The number of urea groups is 1. The Hall–Kier alpha value is -2.52. The number of aryl methyl sites for hydroxylation is 2. The van der Waals surface area contributed by atoms with Gasteiger partial charge >= 0.3 is 11.7 Å². The number of carbonyl (C=O) groups is 1. The molecule has 1 aromatic carbocycles. The number of ether oxygens (including phenoxy) is 2. The summed E-state index contributed by atoms with van der Waals surface area (Å²) in [6.45, 7) is 3.85. The molecule has 3 rings (SSSR count). The minimum absolute atomic E-state index is 0.0981. The lowest BCUT2D eigenvalue weighted by molar-refractivity contribution is 0.123. The molecule has 0 spiro atoms. The summed E-state index contributed by atoms with van der Waals surface area (Å²) in [6, 6.07) is 3.54. The molecule has 1 fully saturated rings. The van der Waals surface area contributed by atoms with Crippen molar-refractivity contribution in [2.75, 3.05) is 56.8 Å². The van der Waals surface area contributed by atoms with Crippen LogP contribution in [0.1, 0.15) is 6.42 Å². The number of benzene rings is 1. The lowest BCUT2D eigenvalue weighted by Gasteiger charge is -2.30. The first-order valence-electron chi connectivity index (χ1n) is 9.09. The lowest BCUT2D eigenvalue weighted by atomic mass is 10.2. The zero-order valence-electron chi connectivity index (χ0n) is 16.1. The number of methoxy groups -OCH3 is 1. The minimum atomic E-state index is -0.277. The molecule has 9 nitrogen and oxygen atoms in total. The van der Waals surface area contributed by atoms with Gasteiger partial charge < -0.3 is 25.0 Å². The van der Waals surface area contributed by atoms with Crippen LogP contribution in [-0.4, -0.2) is 61.7 Å². The molecule has 1 aliphatic rings. The number of anilines is 2. The van der Waals surface area contributed by atoms with Crippen molar-refractivity contribution in [3.05, 3.63) is 22.6 Å². The predicted molar refractivity (Wildman–Crippen MR) is 105 cm³/mol. The van der Waals surface area contributed by atoms with Crippen LogP contribution in [0.3, 0.4) is 0 Å². The second kappa shape index (κ2) is 8.45. The van der Waals surface area contributed by atoms with Gasteiger partial charge in [-0.25, -0.2) is 9.59 Å². The SMILES string of the molecule is COCCCNC(=O)Nc1cc2c(cc1N1CCOCC1)n(C)c(=O)n2C. The average Bonchev–Trinajstić information content (AvgIpc) is 2.89. The fourth-order valence-corrected chi connectivity index (χ4v) is 3.29. The van der Waals surface area contributed by atoms with Crippen LogP contribution >= 0.6 is 0 Å². The molecule has 2 heterocycles. The smallest absolute Gasteiger partial charge is 0.328 e. The highest BCUT2D eigenvalue weighted by Gasteiger charge is 2.20. The second-order valence-electron chi connectivity index (χ2n) is 6.59. The Balaban J connectivity index is 1.91. The first-order chi connectivity index (χ1) is 13.0. The molecule has 1 saturated heterocycles. The molecule has 2 N–H and O–H groups in total. The summed E-state index contributed by atoms with van der Waals surface area (Å²) in [5, 5.41) is 5.76. The number of nitrogens with zero attached hydrogens (tertiary/aromatic N) is 3. The lowest BCUT2D eigenvalue weighted by Crippen LogP contribution is -2.37. The molecule has 0 bridgehead atoms. The van der Waals surface area contributed by atoms with Crippen molar-refractivity contribution in [3.8, 4) is 0 Å². The Bertz CT molecular complexity index is 867. The highest BCUT2D eigenvalue weighted by atomic mass is 16.5. The van der Waals surface area contributed by atoms with Crippen LogP contribution in [-0.2, 0) is 23.6 Å². The summed E-state index contributed by atoms with van der Waals surface area (Å²) < 4.78 is 13.6. The molecule has 0 atom stereocenters. The van der Waals surface area contributed by atoms with Gasteiger partial charge in [-0.05, 0) is 18.6 Å². The summed E-state index contributed by atoms with van der Waals surface area (Å²) in [6.07, 6.45) is 0.743. The van der Waals surface area contributed by atoms with Crippen LogP contribution in [0.5, 0.6) is 0 Å². The number of hydrogen-bond acceptors (Lipinski definition) is 5. The molecule has 0 saturated carbocycles. The zero-order valence-corrected chi connectivity index (χ0v) is 16.1. The number of nitrogens with one attached hydrogen (secondary N) is 2. The standard InChI is InChI=1S/C18H27N5O4/c1-21-15-11-13(20-17(24)19-5-4-8-26-3)14(23-6-9-27-10-7-23)12-16(15)22(2)18(21)25/h11-12H,4-10H2,1-3H3,(H2,19,20,24). The summed E-state index contributed by atoms with van der Waals surface area (Å²) in [4.78, 5) is 26.8. The number of amides is 2. The minimum Gasteiger partial charge on any atom is -0.385 e. The number of carbonyl (C=O) groups excluding carboxylic acids is 1. The highest BCUT2D eigenvalue weighted by Crippen LogP contribution is 2.31. The van der Waals surface area contributed by atoms with Crippen molar-refractivity contribution in [1.29, 1.82) is 0 Å². The Labute approximate surface area is 157 Å². The van der Waals surface area contributed by atoms with Gasteiger partial charge in [0.1, 0.15) is 0 Å².